The van der Waals surface area contributed by atoms with Gasteiger partial charge in [-0.2, -0.15) is 15.7 Å². The van der Waals surface area contributed by atoms with E-state index in [-0.39, 0.29) is 23.7 Å². The van der Waals surface area contributed by atoms with Crippen molar-refractivity contribution in [2.75, 3.05) is 11.5 Å². The van der Waals surface area contributed by atoms with Gasteiger partial charge in [0.2, 0.25) is 5.82 Å². The first-order valence-electron chi connectivity index (χ1n) is 9.22. The normalized spacial score (nSPS) is 9.14. The predicted molar refractivity (Wildman–Crippen MR) is 148 cm³/mol. The molecule has 0 unspecified atom stereocenters. The molecule has 0 aliphatic rings. The minimum atomic E-state index is -0.536. The van der Waals surface area contributed by atoms with Gasteiger partial charge in [0.1, 0.15) is 0 Å². The molecule has 0 fully saturated rings. The Bertz CT molecular complexity index is 1380. The third kappa shape index (κ3) is 9.97. The molecule has 0 radical (unpaired) electrons. The standard InChI is InChI=1S/C7H6BrN5.C7H3BrN2O2.C7H5BrN2.ClH/c8-5-1-4(2-6(9)3-5)7-10-12-13-11-7;8-6-1-5(4-9)2-7(3-6)10(11)12;8-6-1-5(4-9)2-7(10)3-6;/h1-3H,9H2,(H,10,11,12,13);1-3H;1-3H,10H2;1H. The second-order valence-electron chi connectivity index (χ2n) is 6.46. The Kier molecular flexibility index (Phi) is 12.5. The van der Waals surface area contributed by atoms with E-state index in [0.29, 0.717) is 27.2 Å². The van der Waals surface area contributed by atoms with Crippen molar-refractivity contribution < 1.29 is 4.92 Å². The highest BCUT2D eigenvalue weighted by atomic mass is 79.9. The van der Waals surface area contributed by atoms with E-state index in [1.165, 1.54) is 18.2 Å². The molecule has 11 nitrogen and oxygen atoms in total. The fourth-order valence-electron chi connectivity index (χ4n) is 2.45. The molecule has 0 saturated heterocycles. The van der Waals surface area contributed by atoms with Crippen molar-refractivity contribution in [2.45, 2.75) is 0 Å². The molecule has 0 aliphatic carbocycles. The summed E-state index contributed by atoms with van der Waals surface area (Å²) < 4.78 is 2.27. The average molecular weight is 701 g/mol. The lowest BCUT2D eigenvalue weighted by atomic mass is 10.2. The highest BCUT2D eigenvalue weighted by molar-refractivity contribution is 9.11. The van der Waals surface area contributed by atoms with Gasteiger partial charge in [-0.05, 0) is 47.7 Å². The number of halogens is 4. The van der Waals surface area contributed by atoms with Crippen molar-refractivity contribution in [3.05, 3.63) is 89.3 Å². The van der Waals surface area contributed by atoms with Crippen LogP contribution < -0.4 is 11.5 Å². The number of nitrogen functional groups attached to an aromatic ring is 2. The topological polar surface area (TPSA) is 197 Å². The predicted octanol–water partition coefficient (Wildman–Crippen LogP) is 5.77. The Morgan fingerprint density at radius 3 is 1.83 bits per heavy atom. The van der Waals surface area contributed by atoms with Gasteiger partial charge in [0.25, 0.3) is 5.69 Å². The van der Waals surface area contributed by atoms with Gasteiger partial charge in [0, 0.05) is 42.5 Å². The van der Waals surface area contributed by atoms with E-state index in [4.69, 9.17) is 22.0 Å². The van der Waals surface area contributed by atoms with Crippen LogP contribution in [0.4, 0.5) is 17.1 Å². The summed E-state index contributed by atoms with van der Waals surface area (Å²) >= 11 is 9.62. The van der Waals surface area contributed by atoms with E-state index in [1.807, 2.05) is 24.3 Å². The SMILES string of the molecule is Cl.N#Cc1cc(Br)cc([N+](=O)[O-])c1.N#Cc1cc(N)cc(Br)c1.Nc1cc(Br)cc(-c2nn[nH]n2)c1. The second-order valence-corrected chi connectivity index (χ2v) is 9.21. The number of hydrogen-bond donors (Lipinski definition) is 3. The highest BCUT2D eigenvalue weighted by Gasteiger charge is 2.07. The number of benzene rings is 3. The van der Waals surface area contributed by atoms with E-state index in [1.54, 1.807) is 24.3 Å². The molecule has 0 spiro atoms. The monoisotopic (exact) mass is 697 g/mol. The van der Waals surface area contributed by atoms with Gasteiger partial charge in [0.15, 0.2) is 0 Å². The molecule has 0 amide bonds. The quantitative estimate of drug-likeness (QED) is 0.132. The van der Waals surface area contributed by atoms with E-state index >= 15 is 0 Å². The maximum absolute atomic E-state index is 10.3. The summed E-state index contributed by atoms with van der Waals surface area (Å²) in [5.41, 5.74) is 14.0. The van der Waals surface area contributed by atoms with Crippen LogP contribution in [-0.2, 0) is 0 Å². The van der Waals surface area contributed by atoms with Gasteiger partial charge in [0.05, 0.1) is 28.2 Å². The number of nitro groups is 1. The van der Waals surface area contributed by atoms with Gasteiger partial charge in [-0.25, -0.2) is 0 Å². The number of anilines is 2. The van der Waals surface area contributed by atoms with Crippen LogP contribution in [0.1, 0.15) is 11.1 Å². The third-order valence-electron chi connectivity index (χ3n) is 3.80. The number of nitrogens with two attached hydrogens (primary N) is 2. The van der Waals surface area contributed by atoms with Crippen LogP contribution in [0.2, 0.25) is 0 Å². The van der Waals surface area contributed by atoms with Gasteiger partial charge in [-0.1, -0.05) is 47.8 Å². The Hall–Kier alpha value is -3.56. The Labute approximate surface area is 236 Å². The number of hydrogen-bond acceptors (Lipinski definition) is 9. The Morgan fingerprint density at radius 2 is 1.36 bits per heavy atom. The summed E-state index contributed by atoms with van der Waals surface area (Å²) in [5.74, 6) is 0.535. The average Bonchev–Trinajstić information content (AvgIpc) is 3.33. The minimum Gasteiger partial charge on any atom is -0.399 e. The van der Waals surface area contributed by atoms with Crippen LogP contribution in [0.5, 0.6) is 0 Å². The van der Waals surface area contributed by atoms with E-state index in [0.717, 1.165) is 14.5 Å². The van der Waals surface area contributed by atoms with Crippen LogP contribution in [0.15, 0.2) is 68.0 Å². The number of nitrogens with zero attached hydrogens (tertiary/aromatic N) is 6. The molecule has 4 rings (SSSR count). The lowest BCUT2D eigenvalue weighted by molar-refractivity contribution is -0.384. The molecule has 36 heavy (non-hydrogen) atoms. The molecule has 184 valence electrons. The van der Waals surface area contributed by atoms with E-state index in [9.17, 15) is 10.1 Å². The molecular formula is C21H15Br3ClN9O2. The lowest BCUT2D eigenvalue weighted by Crippen LogP contribution is -1.88. The van der Waals surface area contributed by atoms with E-state index < -0.39 is 4.92 Å². The molecular weight excluding hydrogens is 685 g/mol. The molecule has 0 atom stereocenters. The zero-order valence-corrected chi connectivity index (χ0v) is 23.5. The number of aromatic nitrogens is 4. The minimum absolute atomic E-state index is 0. The zero-order chi connectivity index (χ0) is 26.0. The molecule has 5 N–H and O–H groups in total. The molecule has 1 aromatic heterocycles. The summed E-state index contributed by atoms with van der Waals surface area (Å²) in [6, 6.07) is 18.5. The van der Waals surface area contributed by atoms with Crippen molar-refractivity contribution in [1.29, 1.82) is 10.5 Å². The fourth-order valence-corrected chi connectivity index (χ4v) is 3.95. The van der Waals surface area contributed by atoms with E-state index in [2.05, 4.69) is 68.4 Å². The summed E-state index contributed by atoms with van der Waals surface area (Å²) in [7, 11) is 0. The molecule has 4 aromatic rings. The third-order valence-corrected chi connectivity index (χ3v) is 5.17. The van der Waals surface area contributed by atoms with Crippen molar-refractivity contribution in [3.63, 3.8) is 0 Å². The molecule has 0 saturated carbocycles. The molecule has 0 aliphatic heterocycles. The molecule has 3 aromatic carbocycles. The summed E-state index contributed by atoms with van der Waals surface area (Å²) in [4.78, 5) is 9.76. The summed E-state index contributed by atoms with van der Waals surface area (Å²) in [6.07, 6.45) is 0. The van der Waals surface area contributed by atoms with Gasteiger partial charge in [-0.3, -0.25) is 10.1 Å². The first kappa shape index (κ1) is 30.5. The Balaban J connectivity index is 0.000000269. The maximum atomic E-state index is 10.3. The van der Waals surface area contributed by atoms with Gasteiger partial charge in [-0.15, -0.1) is 22.6 Å². The van der Waals surface area contributed by atoms with Crippen molar-refractivity contribution in [1.82, 2.24) is 20.6 Å². The first-order valence-corrected chi connectivity index (χ1v) is 11.6. The highest BCUT2D eigenvalue weighted by Crippen LogP contribution is 2.23. The summed E-state index contributed by atoms with van der Waals surface area (Å²) in [5, 5.41) is 40.8. The van der Waals surface area contributed by atoms with Crippen LogP contribution in [-0.4, -0.2) is 25.5 Å². The van der Waals surface area contributed by atoms with Crippen LogP contribution in [0.3, 0.4) is 0 Å². The Morgan fingerprint density at radius 1 is 0.833 bits per heavy atom. The smallest absolute Gasteiger partial charge is 0.271 e. The number of nitro benzene ring substituents is 1. The van der Waals surface area contributed by atoms with Gasteiger partial charge >= 0.3 is 0 Å². The number of non-ortho nitro benzene ring substituents is 1. The number of rotatable bonds is 2. The van der Waals surface area contributed by atoms with Crippen LogP contribution in [0.25, 0.3) is 11.4 Å². The van der Waals surface area contributed by atoms with Crippen LogP contribution in [0, 0.1) is 32.8 Å². The number of tetrazole rings is 1. The number of nitrogens with one attached hydrogen (secondary N) is 1. The van der Waals surface area contributed by atoms with Crippen molar-refractivity contribution in [2.24, 2.45) is 0 Å². The fraction of sp³-hybridized carbons (Fsp3) is 0. The molecule has 1 heterocycles. The largest absolute Gasteiger partial charge is 0.399 e. The summed E-state index contributed by atoms with van der Waals surface area (Å²) in [6.45, 7) is 0. The first-order chi connectivity index (χ1) is 16.6. The lowest BCUT2D eigenvalue weighted by Gasteiger charge is -1.98. The maximum Gasteiger partial charge on any atom is 0.271 e. The number of aromatic amines is 1. The van der Waals surface area contributed by atoms with Crippen molar-refractivity contribution in [3.8, 4) is 23.5 Å². The van der Waals surface area contributed by atoms with Gasteiger partial charge < -0.3 is 11.5 Å². The van der Waals surface area contributed by atoms with Crippen molar-refractivity contribution >= 4 is 77.3 Å². The number of H-pyrrole nitrogens is 1. The molecule has 0 bridgehead atoms. The second kappa shape index (κ2) is 14.8. The van der Waals surface area contributed by atoms with Crippen LogP contribution >= 0.6 is 60.2 Å². The zero-order valence-electron chi connectivity index (χ0n) is 17.9. The molecule has 15 heteroatoms. The number of nitriles is 2.